The normalized spacial score (nSPS) is 19.2. The third-order valence-electron chi connectivity index (χ3n) is 9.60. The van der Waals surface area contributed by atoms with Crippen molar-refractivity contribution in [2.24, 2.45) is 0 Å². The molecule has 0 heteroatoms. The summed E-state index contributed by atoms with van der Waals surface area (Å²) in [5, 5.41) is -0.464. The molecule has 7 aromatic rings. The van der Waals surface area contributed by atoms with Crippen molar-refractivity contribution in [3.8, 4) is 33.4 Å². The molecule has 2 aliphatic carbocycles. The Balaban J connectivity index is 1.42. The largest absolute Gasteiger partial charge is 0.0636 e. The van der Waals surface area contributed by atoms with Crippen LogP contribution < -0.4 is 0 Å². The van der Waals surface area contributed by atoms with Crippen LogP contribution in [0.25, 0.3) is 65.7 Å². The lowest BCUT2D eigenvalue weighted by molar-refractivity contribution is 0.652. The van der Waals surface area contributed by atoms with Gasteiger partial charge < -0.3 is 0 Å². The maximum Gasteiger partial charge on any atom is 0.0636 e. The highest BCUT2D eigenvalue weighted by Gasteiger charge is 2.41. The molecule has 0 aromatic heterocycles. The lowest BCUT2D eigenvalue weighted by Crippen LogP contribution is -2.17. The molecule has 0 atom stereocenters. The number of fused-ring (bicyclic) bond motifs is 10. The van der Waals surface area contributed by atoms with E-state index in [1.165, 1.54) is 22.3 Å². The Morgan fingerprint density at radius 2 is 1.10 bits per heavy atom. The second-order valence-electron chi connectivity index (χ2n) is 12.5. The van der Waals surface area contributed by atoms with Gasteiger partial charge in [-0.05, 0) is 112 Å². The molecule has 7 aromatic carbocycles. The first-order valence-electron chi connectivity index (χ1n) is 19.7. The molecule has 0 amide bonds. The molecule has 0 nitrogen and oxygen atoms in total. The second kappa shape index (κ2) is 7.99. The SMILES string of the molecule is [2H]c1c([2H])c([2H])c2c([2H])c3c(c([2H])c([2H])c4c([2H])c([2H])c([2H])c([2H])c43)c(-c3ccc4c(c3)C(C)(C)c3cc5c(cc3-4)C(C)(C)c3ccccc3-5)c2c1[2H]. The van der Waals surface area contributed by atoms with Crippen LogP contribution >= 0.6 is 0 Å². The third-order valence-corrected chi connectivity index (χ3v) is 9.60. The molecule has 42 heavy (non-hydrogen) atoms. The fourth-order valence-corrected chi connectivity index (χ4v) is 7.44. The summed E-state index contributed by atoms with van der Waals surface area (Å²) in [7, 11) is 0. The maximum absolute atomic E-state index is 9.41. The van der Waals surface area contributed by atoms with Crippen molar-refractivity contribution in [1.29, 1.82) is 0 Å². The minimum atomic E-state index is -0.567. The first kappa shape index (κ1) is 15.5. The van der Waals surface area contributed by atoms with Crippen LogP contribution in [0.2, 0.25) is 0 Å². The lowest BCUT2D eigenvalue weighted by Gasteiger charge is -2.24. The second-order valence-corrected chi connectivity index (χ2v) is 12.5. The zero-order chi connectivity index (χ0) is 38.0. The smallest absolute Gasteiger partial charge is 0.0619 e. The average molecular weight is 548 g/mol. The summed E-state index contributed by atoms with van der Waals surface area (Å²) in [6.07, 6.45) is 0. The number of rotatable bonds is 1. The summed E-state index contributed by atoms with van der Waals surface area (Å²) in [6, 6.07) is 13.6. The van der Waals surface area contributed by atoms with Gasteiger partial charge in [-0.1, -0.05) is 125 Å². The summed E-state index contributed by atoms with van der Waals surface area (Å²) in [5.41, 5.74) is 9.18. The van der Waals surface area contributed by atoms with Gasteiger partial charge in [-0.15, -0.1) is 0 Å². The van der Waals surface area contributed by atoms with E-state index in [0.717, 1.165) is 22.3 Å². The number of hydrogen-bond donors (Lipinski definition) is 0. The molecule has 0 unspecified atom stereocenters. The molecule has 0 aliphatic heterocycles. The predicted molar refractivity (Wildman–Crippen MR) is 180 cm³/mol. The zero-order valence-electron chi connectivity index (χ0n) is 34.7. The average Bonchev–Trinajstić information content (AvgIpc) is 3.50. The van der Waals surface area contributed by atoms with E-state index in [1.54, 1.807) is 0 Å². The molecule has 2 aliphatic rings. The van der Waals surface area contributed by atoms with Crippen molar-refractivity contribution in [2.75, 3.05) is 0 Å². The van der Waals surface area contributed by atoms with Gasteiger partial charge in [0.1, 0.15) is 0 Å². The topological polar surface area (TPSA) is 0 Å². The third kappa shape index (κ3) is 2.97. The fraction of sp³-hybridized carbons (Fsp3) is 0.143. The van der Waals surface area contributed by atoms with Gasteiger partial charge in [-0.3, -0.25) is 0 Å². The predicted octanol–water partition coefficient (Wildman–Crippen LogP) is 11.4. The van der Waals surface area contributed by atoms with Crippen LogP contribution in [0.1, 0.15) is 65.0 Å². The van der Waals surface area contributed by atoms with Gasteiger partial charge in [0.2, 0.25) is 0 Å². The van der Waals surface area contributed by atoms with Crippen LogP contribution in [0.3, 0.4) is 0 Å². The lowest BCUT2D eigenvalue weighted by atomic mass is 9.79. The Kier molecular flexibility index (Phi) is 2.95. The van der Waals surface area contributed by atoms with Gasteiger partial charge in [0, 0.05) is 10.8 Å². The molecular weight excluding hydrogens is 504 g/mol. The zero-order valence-corrected chi connectivity index (χ0v) is 23.7. The van der Waals surface area contributed by atoms with Gasteiger partial charge in [0.25, 0.3) is 0 Å². The van der Waals surface area contributed by atoms with E-state index in [2.05, 4.69) is 64.1 Å². The highest BCUT2D eigenvalue weighted by molar-refractivity contribution is 6.20. The molecule has 0 saturated heterocycles. The van der Waals surface area contributed by atoms with Gasteiger partial charge in [0.05, 0.1) is 15.1 Å². The summed E-state index contributed by atoms with van der Waals surface area (Å²) in [5.74, 6) is 0. The van der Waals surface area contributed by atoms with Crippen LogP contribution in [0, 0.1) is 0 Å². The van der Waals surface area contributed by atoms with Crippen molar-refractivity contribution in [1.82, 2.24) is 0 Å². The molecular formula is C42H32. The standard InChI is InChI=1S/C42H32/c1-41(2)36-16-10-9-15-30(36)34-23-39-35(24-38(34)41)31-19-18-27(22-37(31)42(39,3)4)40-29-14-8-6-12-26(29)21-33-28-13-7-5-11-25(28)17-20-32(33)40/h5-24H,1-4H3/i5D,6D,7D,8D,11D,12D,13D,14D,17D,20D,21D. The molecule has 0 radical (unpaired) electrons. The quantitative estimate of drug-likeness (QED) is 0.142. The van der Waals surface area contributed by atoms with Crippen molar-refractivity contribution >= 4 is 32.3 Å². The van der Waals surface area contributed by atoms with E-state index in [0.29, 0.717) is 5.56 Å². The first-order valence-corrected chi connectivity index (χ1v) is 14.2. The Labute approximate surface area is 262 Å². The van der Waals surface area contributed by atoms with E-state index in [-0.39, 0.29) is 49.3 Å². The highest BCUT2D eigenvalue weighted by atomic mass is 14.4. The molecule has 0 spiro atoms. The van der Waals surface area contributed by atoms with Crippen LogP contribution in [-0.4, -0.2) is 0 Å². The van der Waals surface area contributed by atoms with E-state index >= 15 is 0 Å². The number of hydrogen-bond acceptors (Lipinski definition) is 0. The van der Waals surface area contributed by atoms with Crippen molar-refractivity contribution in [3.05, 3.63) is 143 Å². The highest BCUT2D eigenvalue weighted by Crippen LogP contribution is 2.56. The molecule has 0 fully saturated rings. The van der Waals surface area contributed by atoms with Crippen molar-refractivity contribution in [3.63, 3.8) is 0 Å². The van der Waals surface area contributed by atoms with E-state index in [9.17, 15) is 2.74 Å². The van der Waals surface area contributed by atoms with E-state index < -0.39 is 65.8 Å². The van der Waals surface area contributed by atoms with Crippen molar-refractivity contribution in [2.45, 2.75) is 38.5 Å². The van der Waals surface area contributed by atoms with Gasteiger partial charge in [-0.2, -0.15) is 0 Å². The molecule has 200 valence electrons. The molecule has 0 heterocycles. The minimum absolute atomic E-state index is 0.0205. The Hall–Kier alpha value is -4.68. The van der Waals surface area contributed by atoms with E-state index in [4.69, 9.17) is 12.3 Å². The van der Waals surface area contributed by atoms with Crippen LogP contribution in [0.5, 0.6) is 0 Å². The number of benzene rings is 7. The van der Waals surface area contributed by atoms with Gasteiger partial charge >= 0.3 is 0 Å². The summed E-state index contributed by atoms with van der Waals surface area (Å²) in [4.78, 5) is 0. The van der Waals surface area contributed by atoms with Crippen LogP contribution in [-0.2, 0) is 10.8 Å². The van der Waals surface area contributed by atoms with Gasteiger partial charge in [-0.25, -0.2) is 0 Å². The van der Waals surface area contributed by atoms with Crippen LogP contribution in [0.4, 0.5) is 0 Å². The van der Waals surface area contributed by atoms with Crippen LogP contribution in [0.15, 0.2) is 121 Å². The Bertz CT molecular complexity index is 2900. The molecule has 0 N–H and O–H groups in total. The molecule has 0 bridgehead atoms. The maximum atomic E-state index is 9.41. The summed E-state index contributed by atoms with van der Waals surface area (Å²) < 4.78 is 97.4. The van der Waals surface area contributed by atoms with Crippen molar-refractivity contribution < 1.29 is 15.1 Å². The Morgan fingerprint density at radius 1 is 0.476 bits per heavy atom. The van der Waals surface area contributed by atoms with E-state index in [1.807, 2.05) is 18.2 Å². The van der Waals surface area contributed by atoms with Gasteiger partial charge in [0.15, 0.2) is 0 Å². The first-order chi connectivity index (χ1) is 24.9. The fourth-order valence-electron chi connectivity index (χ4n) is 7.44. The molecule has 0 saturated carbocycles. The molecule has 9 rings (SSSR count). The monoisotopic (exact) mass is 547 g/mol. The Morgan fingerprint density at radius 3 is 1.88 bits per heavy atom. The summed E-state index contributed by atoms with van der Waals surface area (Å²) in [6.45, 7) is 8.78. The summed E-state index contributed by atoms with van der Waals surface area (Å²) >= 11 is 0. The minimum Gasteiger partial charge on any atom is -0.0619 e.